The Morgan fingerprint density at radius 2 is 1.90 bits per heavy atom. The van der Waals surface area contributed by atoms with Crippen molar-refractivity contribution in [3.63, 3.8) is 0 Å². The van der Waals surface area contributed by atoms with Crippen LogP contribution in [0.15, 0.2) is 18.2 Å². The first kappa shape index (κ1) is 15.1. The van der Waals surface area contributed by atoms with Crippen molar-refractivity contribution in [2.75, 3.05) is 6.54 Å². The van der Waals surface area contributed by atoms with Gasteiger partial charge in [-0.25, -0.2) is 13.8 Å². The first-order valence-electron chi connectivity index (χ1n) is 6.65. The van der Waals surface area contributed by atoms with Crippen LogP contribution in [-0.4, -0.2) is 11.5 Å². The van der Waals surface area contributed by atoms with Crippen LogP contribution in [0.4, 0.5) is 8.78 Å². The average Bonchev–Trinajstić information content (AvgIpc) is 2.73. The Hall–Kier alpha value is -1.33. The largest absolute Gasteiger partial charge is 0.304 e. The van der Waals surface area contributed by atoms with Gasteiger partial charge in [0.1, 0.15) is 16.6 Å². The minimum Gasteiger partial charge on any atom is -0.304 e. The third-order valence-corrected chi connectivity index (χ3v) is 4.32. The third kappa shape index (κ3) is 3.04. The lowest BCUT2D eigenvalue weighted by molar-refractivity contribution is 0.501. The molecule has 0 bridgehead atoms. The highest BCUT2D eigenvalue weighted by Gasteiger charge is 2.24. The number of nitrogens with zero attached hydrogens (tertiary/aromatic N) is 1. The summed E-state index contributed by atoms with van der Waals surface area (Å²) in [4.78, 5) is 5.51. The van der Waals surface area contributed by atoms with Gasteiger partial charge in [0.05, 0.1) is 11.7 Å². The minimum atomic E-state index is -0.538. The van der Waals surface area contributed by atoms with Crippen molar-refractivity contribution >= 4 is 11.3 Å². The molecule has 1 aromatic carbocycles. The summed E-state index contributed by atoms with van der Waals surface area (Å²) in [5.41, 5.74) is 0.958. The van der Waals surface area contributed by atoms with E-state index in [0.717, 1.165) is 17.0 Å². The molecule has 108 valence electrons. The van der Waals surface area contributed by atoms with Crippen molar-refractivity contribution in [1.82, 2.24) is 10.3 Å². The van der Waals surface area contributed by atoms with Gasteiger partial charge in [-0.2, -0.15) is 0 Å². The standard InChI is InChI=1S/C15H18F2N2S/c1-4-8-18-14(15-19-9(2)10(3)20-15)13-11(16)6-5-7-12(13)17/h5-7,14,18H,4,8H2,1-3H3. The Morgan fingerprint density at radius 3 is 2.40 bits per heavy atom. The highest BCUT2D eigenvalue weighted by atomic mass is 32.1. The molecule has 2 aromatic rings. The minimum absolute atomic E-state index is 0.0506. The molecule has 0 radical (unpaired) electrons. The van der Waals surface area contributed by atoms with E-state index < -0.39 is 17.7 Å². The number of halogens is 2. The first-order valence-corrected chi connectivity index (χ1v) is 7.47. The number of hydrogen-bond acceptors (Lipinski definition) is 3. The van der Waals surface area contributed by atoms with Gasteiger partial charge in [-0.15, -0.1) is 11.3 Å². The maximum absolute atomic E-state index is 14.0. The van der Waals surface area contributed by atoms with E-state index in [0.29, 0.717) is 11.6 Å². The van der Waals surface area contributed by atoms with Gasteiger partial charge in [-0.3, -0.25) is 0 Å². The van der Waals surface area contributed by atoms with Gasteiger partial charge in [0, 0.05) is 10.4 Å². The van der Waals surface area contributed by atoms with Crippen molar-refractivity contribution in [2.45, 2.75) is 33.2 Å². The molecule has 0 fully saturated rings. The molecule has 2 nitrogen and oxygen atoms in total. The summed E-state index contributed by atoms with van der Waals surface area (Å²) in [5, 5.41) is 3.90. The van der Waals surface area contributed by atoms with E-state index in [1.165, 1.54) is 29.5 Å². The smallest absolute Gasteiger partial charge is 0.131 e. The topological polar surface area (TPSA) is 24.9 Å². The van der Waals surface area contributed by atoms with Crippen LogP contribution in [0.2, 0.25) is 0 Å². The van der Waals surface area contributed by atoms with Crippen LogP contribution in [0.5, 0.6) is 0 Å². The van der Waals surface area contributed by atoms with Gasteiger partial charge in [-0.1, -0.05) is 13.0 Å². The first-order chi connectivity index (χ1) is 9.54. The van der Waals surface area contributed by atoms with Gasteiger partial charge in [0.15, 0.2) is 0 Å². The predicted octanol–water partition coefficient (Wildman–Crippen LogP) is 4.13. The van der Waals surface area contributed by atoms with Crippen molar-refractivity contribution in [1.29, 1.82) is 0 Å². The van der Waals surface area contributed by atoms with Gasteiger partial charge in [0.25, 0.3) is 0 Å². The third-order valence-electron chi connectivity index (χ3n) is 3.18. The Balaban J connectivity index is 2.47. The summed E-state index contributed by atoms with van der Waals surface area (Å²) < 4.78 is 28.0. The zero-order valence-electron chi connectivity index (χ0n) is 11.8. The lowest BCUT2D eigenvalue weighted by atomic mass is 10.1. The molecule has 1 unspecified atom stereocenters. The molecule has 0 aliphatic carbocycles. The maximum Gasteiger partial charge on any atom is 0.131 e. The fourth-order valence-corrected chi connectivity index (χ4v) is 3.02. The molecule has 1 N–H and O–H groups in total. The molecule has 0 amide bonds. The number of aromatic nitrogens is 1. The highest BCUT2D eigenvalue weighted by molar-refractivity contribution is 7.11. The lowest BCUT2D eigenvalue weighted by Crippen LogP contribution is -2.25. The van der Waals surface area contributed by atoms with Crippen molar-refractivity contribution in [3.8, 4) is 0 Å². The second kappa shape index (κ2) is 6.41. The molecule has 1 atom stereocenters. The number of hydrogen-bond donors (Lipinski definition) is 1. The second-order valence-corrected chi connectivity index (χ2v) is 5.95. The number of thiazole rings is 1. The van der Waals surface area contributed by atoms with Crippen LogP contribution in [0.25, 0.3) is 0 Å². The van der Waals surface area contributed by atoms with E-state index in [9.17, 15) is 8.78 Å². The van der Waals surface area contributed by atoms with Crippen LogP contribution in [0.3, 0.4) is 0 Å². The Morgan fingerprint density at radius 1 is 1.25 bits per heavy atom. The SMILES string of the molecule is CCCNC(c1nc(C)c(C)s1)c1c(F)cccc1F. The van der Waals surface area contributed by atoms with Crippen LogP contribution in [0.1, 0.15) is 40.5 Å². The van der Waals surface area contributed by atoms with E-state index in [2.05, 4.69) is 10.3 Å². The molecule has 0 saturated carbocycles. The summed E-state index contributed by atoms with van der Waals surface area (Å²) >= 11 is 1.48. The number of aryl methyl sites for hydroxylation is 2. The van der Waals surface area contributed by atoms with Crippen LogP contribution in [0, 0.1) is 25.5 Å². The molecule has 0 aliphatic rings. The maximum atomic E-state index is 14.0. The molecule has 1 heterocycles. The monoisotopic (exact) mass is 296 g/mol. The Labute approximate surface area is 121 Å². The van der Waals surface area contributed by atoms with E-state index in [1.54, 1.807) is 0 Å². The average molecular weight is 296 g/mol. The normalized spacial score (nSPS) is 12.7. The fraction of sp³-hybridized carbons (Fsp3) is 0.400. The summed E-state index contributed by atoms with van der Waals surface area (Å²) in [6, 6.07) is 3.41. The Kier molecular flexibility index (Phi) is 4.83. The van der Waals surface area contributed by atoms with Crippen LogP contribution >= 0.6 is 11.3 Å². The van der Waals surface area contributed by atoms with E-state index >= 15 is 0 Å². The molecular formula is C15H18F2N2S. The number of benzene rings is 1. The summed E-state index contributed by atoms with van der Waals surface area (Å²) in [7, 11) is 0. The van der Waals surface area contributed by atoms with Crippen molar-refractivity contribution in [3.05, 3.63) is 51.0 Å². The van der Waals surface area contributed by atoms with E-state index in [-0.39, 0.29) is 5.56 Å². The van der Waals surface area contributed by atoms with Gasteiger partial charge >= 0.3 is 0 Å². The van der Waals surface area contributed by atoms with Crippen molar-refractivity contribution < 1.29 is 8.78 Å². The molecule has 20 heavy (non-hydrogen) atoms. The fourth-order valence-electron chi connectivity index (χ4n) is 2.01. The molecular weight excluding hydrogens is 278 g/mol. The van der Waals surface area contributed by atoms with Gasteiger partial charge in [0.2, 0.25) is 0 Å². The van der Waals surface area contributed by atoms with Crippen LogP contribution < -0.4 is 5.32 Å². The molecule has 1 aromatic heterocycles. The van der Waals surface area contributed by atoms with E-state index in [1.807, 2.05) is 20.8 Å². The highest BCUT2D eigenvalue weighted by Crippen LogP contribution is 2.31. The van der Waals surface area contributed by atoms with Crippen LogP contribution in [-0.2, 0) is 0 Å². The molecule has 0 saturated heterocycles. The number of nitrogens with one attached hydrogen (secondary N) is 1. The predicted molar refractivity (Wildman–Crippen MR) is 78.1 cm³/mol. The lowest BCUT2D eigenvalue weighted by Gasteiger charge is -2.18. The molecule has 5 heteroatoms. The molecule has 0 spiro atoms. The van der Waals surface area contributed by atoms with Gasteiger partial charge in [-0.05, 0) is 38.9 Å². The molecule has 0 aliphatic heterocycles. The zero-order valence-corrected chi connectivity index (χ0v) is 12.7. The van der Waals surface area contributed by atoms with E-state index in [4.69, 9.17) is 0 Å². The number of rotatable bonds is 5. The second-order valence-electron chi connectivity index (χ2n) is 4.72. The molecule has 2 rings (SSSR count). The van der Waals surface area contributed by atoms with Gasteiger partial charge < -0.3 is 5.32 Å². The summed E-state index contributed by atoms with van der Waals surface area (Å²) in [6.45, 7) is 6.56. The zero-order chi connectivity index (χ0) is 14.7. The Bertz CT molecular complexity index is 556. The van der Waals surface area contributed by atoms with Crippen molar-refractivity contribution in [2.24, 2.45) is 0 Å². The quantitative estimate of drug-likeness (QED) is 0.897. The summed E-state index contributed by atoms with van der Waals surface area (Å²) in [5.74, 6) is -1.08. The summed E-state index contributed by atoms with van der Waals surface area (Å²) in [6.07, 6.45) is 0.885.